The number of hydrogen-bond donors (Lipinski definition) is 1. The number of fused-ring (bicyclic) bond motifs is 2. The number of hydrogen-bond acceptors (Lipinski definition) is 4. The molecule has 1 heterocycles. The molecule has 4 atom stereocenters. The fourth-order valence-electron chi connectivity index (χ4n) is 4.52. The highest BCUT2D eigenvalue weighted by molar-refractivity contribution is 6.08. The molecule has 0 aromatic heterocycles. The van der Waals surface area contributed by atoms with Crippen LogP contribution in [-0.4, -0.2) is 44.2 Å². The third kappa shape index (κ3) is 3.49. The lowest BCUT2D eigenvalue weighted by molar-refractivity contribution is -0.129. The summed E-state index contributed by atoms with van der Waals surface area (Å²) in [6.45, 7) is 1.34. The van der Waals surface area contributed by atoms with Gasteiger partial charge in [-0.2, -0.15) is 0 Å². The lowest BCUT2D eigenvalue weighted by atomic mass is 9.67. The first kappa shape index (κ1) is 18.1. The normalized spacial score (nSPS) is 26.4. The lowest BCUT2D eigenvalue weighted by Gasteiger charge is -2.47. The highest BCUT2D eigenvalue weighted by Crippen LogP contribution is 2.43. The van der Waals surface area contributed by atoms with Gasteiger partial charge in [0.2, 0.25) is 5.91 Å². The molecule has 0 spiro atoms. The monoisotopic (exact) mass is 367 g/mol. The second-order valence-electron chi connectivity index (χ2n) is 7.45. The predicted octanol–water partition coefficient (Wildman–Crippen LogP) is 2.97. The summed E-state index contributed by atoms with van der Waals surface area (Å²) in [6.07, 6.45) is 1.60. The first-order chi connectivity index (χ1) is 13.2. The molecule has 4 rings (SSSR count). The van der Waals surface area contributed by atoms with Crippen molar-refractivity contribution < 1.29 is 19.1 Å². The molecule has 27 heavy (non-hydrogen) atoms. The number of methoxy groups -OCH3 is 1. The van der Waals surface area contributed by atoms with E-state index in [2.05, 4.69) is 5.32 Å². The highest BCUT2D eigenvalue weighted by atomic mass is 16.5. The number of benzene rings is 2. The Morgan fingerprint density at radius 2 is 1.96 bits per heavy atom. The summed E-state index contributed by atoms with van der Waals surface area (Å²) in [6, 6.07) is 13.6. The van der Waals surface area contributed by atoms with Gasteiger partial charge in [-0.3, -0.25) is 9.59 Å². The molecule has 2 aromatic carbocycles. The molecule has 2 aromatic rings. The van der Waals surface area contributed by atoms with Crippen molar-refractivity contribution in [2.45, 2.75) is 31.4 Å². The van der Waals surface area contributed by atoms with Gasteiger partial charge in [-0.05, 0) is 17.2 Å². The number of ether oxygens (including phenoxy) is 2. The second kappa shape index (κ2) is 7.79. The first-order valence-corrected chi connectivity index (χ1v) is 9.60. The minimum Gasteiger partial charge on any atom is -0.384 e. The Hall–Kier alpha value is -2.24. The van der Waals surface area contributed by atoms with Crippen LogP contribution in [0, 0.1) is 11.8 Å². The number of ketones is 1. The van der Waals surface area contributed by atoms with Gasteiger partial charge < -0.3 is 14.8 Å². The third-order valence-corrected chi connectivity index (χ3v) is 5.88. The molecule has 142 valence electrons. The summed E-state index contributed by atoms with van der Waals surface area (Å²) in [5, 5.41) is 5.09. The van der Waals surface area contributed by atoms with Gasteiger partial charge in [0.15, 0.2) is 5.78 Å². The zero-order valence-electron chi connectivity index (χ0n) is 15.5. The van der Waals surface area contributed by atoms with Gasteiger partial charge in [0.05, 0.1) is 12.7 Å². The van der Waals surface area contributed by atoms with E-state index >= 15 is 0 Å². The topological polar surface area (TPSA) is 64.6 Å². The van der Waals surface area contributed by atoms with E-state index in [1.54, 1.807) is 7.11 Å². The van der Waals surface area contributed by atoms with E-state index in [1.165, 1.54) is 0 Å². The Bertz CT molecular complexity index is 844. The molecule has 0 radical (unpaired) electrons. The van der Waals surface area contributed by atoms with Gasteiger partial charge >= 0.3 is 0 Å². The Morgan fingerprint density at radius 1 is 1.15 bits per heavy atom. The van der Waals surface area contributed by atoms with Crippen LogP contribution < -0.4 is 5.32 Å². The van der Waals surface area contributed by atoms with Crippen LogP contribution in [0.2, 0.25) is 0 Å². The Balaban J connectivity index is 1.35. The molecule has 2 aliphatic rings. The molecule has 0 bridgehead atoms. The zero-order valence-corrected chi connectivity index (χ0v) is 15.5. The van der Waals surface area contributed by atoms with Crippen LogP contribution in [0.1, 0.15) is 29.6 Å². The average molecular weight is 367 g/mol. The summed E-state index contributed by atoms with van der Waals surface area (Å²) in [5.41, 5.74) is 0.686. The zero-order chi connectivity index (χ0) is 18.8. The number of carbonyl (C=O) groups is 2. The molecule has 2 fully saturated rings. The van der Waals surface area contributed by atoms with E-state index in [4.69, 9.17) is 9.47 Å². The van der Waals surface area contributed by atoms with Crippen molar-refractivity contribution in [1.29, 1.82) is 0 Å². The van der Waals surface area contributed by atoms with Crippen LogP contribution in [0.25, 0.3) is 10.8 Å². The SMILES string of the molecule is COC[C@@H]1[C@H](NC(=O)CCC(=O)c2cccc3ccccc23)[C@@H]2CCO[C@H]12. The number of Topliss-reactive ketones (excluding diaryl/α,β-unsaturated/α-hetero) is 1. The van der Waals surface area contributed by atoms with E-state index in [9.17, 15) is 9.59 Å². The molecule has 1 N–H and O–H groups in total. The van der Waals surface area contributed by atoms with Gasteiger partial charge in [0.25, 0.3) is 0 Å². The number of amides is 1. The molecule has 1 saturated heterocycles. The summed E-state index contributed by atoms with van der Waals surface area (Å²) in [4.78, 5) is 25.1. The molecule has 5 nitrogen and oxygen atoms in total. The quantitative estimate of drug-likeness (QED) is 0.764. The molecule has 1 saturated carbocycles. The number of nitrogens with one attached hydrogen (secondary N) is 1. The maximum Gasteiger partial charge on any atom is 0.220 e. The molecule has 1 aliphatic carbocycles. The Kier molecular flexibility index (Phi) is 5.23. The van der Waals surface area contributed by atoms with E-state index in [0.29, 0.717) is 18.1 Å². The first-order valence-electron chi connectivity index (χ1n) is 9.60. The summed E-state index contributed by atoms with van der Waals surface area (Å²) >= 11 is 0. The molecule has 5 heteroatoms. The van der Waals surface area contributed by atoms with Gasteiger partial charge in [0, 0.05) is 50.0 Å². The predicted molar refractivity (Wildman–Crippen MR) is 103 cm³/mol. The fourth-order valence-corrected chi connectivity index (χ4v) is 4.52. The van der Waals surface area contributed by atoms with Gasteiger partial charge in [-0.15, -0.1) is 0 Å². The van der Waals surface area contributed by atoms with E-state index in [0.717, 1.165) is 23.8 Å². The molecule has 1 amide bonds. The van der Waals surface area contributed by atoms with Crippen LogP contribution in [0.3, 0.4) is 0 Å². The smallest absolute Gasteiger partial charge is 0.220 e. The van der Waals surface area contributed by atoms with Crippen LogP contribution in [0.15, 0.2) is 42.5 Å². The van der Waals surface area contributed by atoms with Crippen LogP contribution >= 0.6 is 0 Å². The minimum atomic E-state index is -0.0694. The second-order valence-corrected chi connectivity index (χ2v) is 7.45. The number of carbonyl (C=O) groups excluding carboxylic acids is 2. The Labute approximate surface area is 159 Å². The van der Waals surface area contributed by atoms with Gasteiger partial charge in [-0.25, -0.2) is 0 Å². The number of rotatable bonds is 7. The van der Waals surface area contributed by atoms with Crippen LogP contribution in [-0.2, 0) is 14.3 Å². The molecule has 0 unspecified atom stereocenters. The van der Waals surface area contributed by atoms with Crippen molar-refractivity contribution >= 4 is 22.5 Å². The van der Waals surface area contributed by atoms with Crippen LogP contribution in [0.5, 0.6) is 0 Å². The van der Waals surface area contributed by atoms with Crippen molar-refractivity contribution in [2.24, 2.45) is 11.8 Å². The minimum absolute atomic E-state index is 0.00563. The van der Waals surface area contributed by atoms with E-state index in [-0.39, 0.29) is 42.6 Å². The summed E-state index contributed by atoms with van der Waals surface area (Å²) in [5.74, 6) is 0.522. The van der Waals surface area contributed by atoms with Crippen LogP contribution in [0.4, 0.5) is 0 Å². The van der Waals surface area contributed by atoms with Crippen molar-refractivity contribution in [3.63, 3.8) is 0 Å². The fraction of sp³-hybridized carbons (Fsp3) is 0.455. The van der Waals surface area contributed by atoms with E-state index in [1.807, 2.05) is 42.5 Å². The van der Waals surface area contributed by atoms with E-state index < -0.39 is 0 Å². The lowest BCUT2D eigenvalue weighted by Crippen LogP contribution is -2.62. The maximum atomic E-state index is 12.7. The van der Waals surface area contributed by atoms with Crippen molar-refractivity contribution in [3.05, 3.63) is 48.0 Å². The summed E-state index contributed by atoms with van der Waals surface area (Å²) < 4.78 is 11.0. The van der Waals surface area contributed by atoms with Crippen molar-refractivity contribution in [1.82, 2.24) is 5.32 Å². The van der Waals surface area contributed by atoms with Gasteiger partial charge in [-0.1, -0.05) is 42.5 Å². The Morgan fingerprint density at radius 3 is 2.81 bits per heavy atom. The largest absolute Gasteiger partial charge is 0.384 e. The third-order valence-electron chi connectivity index (χ3n) is 5.88. The summed E-state index contributed by atoms with van der Waals surface area (Å²) in [7, 11) is 1.67. The van der Waals surface area contributed by atoms with Crippen molar-refractivity contribution in [2.75, 3.05) is 20.3 Å². The standard InChI is InChI=1S/C22H25NO4/c1-26-13-18-21(17-11-12-27-22(17)18)23-20(25)10-9-19(24)16-8-4-6-14-5-2-3-7-15(14)16/h2-8,17-18,21-22H,9-13H2,1H3,(H,23,25)/t17-,18+,21+,22-/m0/s1. The highest BCUT2D eigenvalue weighted by Gasteiger charge is 2.54. The molecular weight excluding hydrogens is 342 g/mol. The van der Waals surface area contributed by atoms with Gasteiger partial charge in [0.1, 0.15) is 0 Å². The van der Waals surface area contributed by atoms with Crippen molar-refractivity contribution in [3.8, 4) is 0 Å². The molecular formula is C22H25NO4. The molecule has 1 aliphatic heterocycles. The maximum absolute atomic E-state index is 12.7. The average Bonchev–Trinajstić information content (AvgIpc) is 3.12.